The molecule has 1 aromatic heterocycles. The molecular weight excluding hydrogens is 703 g/mol. The number of carbonyl (C=O) groups is 4. The molecule has 1 saturated carbocycles. The van der Waals surface area contributed by atoms with Crippen LogP contribution in [0.5, 0.6) is 0 Å². The fourth-order valence-corrected chi connectivity index (χ4v) is 9.05. The summed E-state index contributed by atoms with van der Waals surface area (Å²) in [6, 6.07) is 3.88. The summed E-state index contributed by atoms with van der Waals surface area (Å²) in [5.74, 6) is -1.31. The van der Waals surface area contributed by atoms with Crippen molar-refractivity contribution in [1.29, 1.82) is 0 Å². The summed E-state index contributed by atoms with van der Waals surface area (Å²) < 4.78 is 39.3. The summed E-state index contributed by atoms with van der Waals surface area (Å²) in [7, 11) is -3.80. The van der Waals surface area contributed by atoms with Crippen molar-refractivity contribution in [1.82, 2.24) is 30.1 Å². The number of benzene rings is 1. The van der Waals surface area contributed by atoms with E-state index in [-0.39, 0.29) is 37.2 Å². The Morgan fingerprint density at radius 3 is 2.42 bits per heavy atom. The SMILES string of the molecule is CS(=O)(=O)N[C@H](CCC1CCNCC1)C(=O)N1C[C@H](OC(=O)N2CCCCC2)C[C@H]1C(=O)N[C@@H](CC1CCC(N)CC1)C(=O)c1nc2ccccc2o1. The fraction of sp³-hybridized carbons (Fsp3) is 0.703. The van der Waals surface area contributed by atoms with Crippen LogP contribution < -0.4 is 21.1 Å². The average molecular weight is 758 g/mol. The van der Waals surface area contributed by atoms with Crippen molar-refractivity contribution in [3.8, 4) is 0 Å². The zero-order valence-electron chi connectivity index (χ0n) is 30.7. The second-order valence-electron chi connectivity index (χ2n) is 15.4. The van der Waals surface area contributed by atoms with Crippen molar-refractivity contribution in [3.63, 3.8) is 0 Å². The number of ether oxygens (including phenoxy) is 1. The maximum absolute atomic E-state index is 14.4. The van der Waals surface area contributed by atoms with E-state index >= 15 is 0 Å². The van der Waals surface area contributed by atoms with Crippen LogP contribution in [0, 0.1) is 11.8 Å². The van der Waals surface area contributed by atoms with E-state index in [1.807, 2.05) is 0 Å². The number of nitrogens with one attached hydrogen (secondary N) is 3. The zero-order chi connectivity index (χ0) is 37.5. The number of hydrogen-bond donors (Lipinski definition) is 4. The van der Waals surface area contributed by atoms with Crippen LogP contribution in [0.3, 0.4) is 0 Å². The molecule has 0 bridgehead atoms. The number of likely N-dealkylation sites (tertiary alicyclic amines) is 2. The van der Waals surface area contributed by atoms with Gasteiger partial charge in [-0.25, -0.2) is 22.9 Å². The Morgan fingerprint density at radius 1 is 1.00 bits per heavy atom. The number of oxazole rings is 1. The molecule has 6 rings (SSSR count). The number of rotatable bonds is 13. The number of ketones is 1. The van der Waals surface area contributed by atoms with E-state index in [1.165, 1.54) is 4.90 Å². The molecule has 0 radical (unpaired) electrons. The van der Waals surface area contributed by atoms with E-state index < -0.39 is 57.9 Å². The normalized spacial score (nSPS) is 25.5. The highest BCUT2D eigenvalue weighted by Crippen LogP contribution is 2.30. The highest BCUT2D eigenvalue weighted by Gasteiger charge is 2.45. The molecule has 16 heteroatoms. The lowest BCUT2D eigenvalue weighted by molar-refractivity contribution is -0.140. The van der Waals surface area contributed by atoms with Gasteiger partial charge in [0.05, 0.1) is 18.8 Å². The quantitative estimate of drug-likeness (QED) is 0.219. The fourth-order valence-electron chi connectivity index (χ4n) is 8.32. The van der Waals surface area contributed by atoms with Crippen LogP contribution in [0.4, 0.5) is 4.79 Å². The van der Waals surface area contributed by atoms with Crippen molar-refractivity contribution in [2.24, 2.45) is 17.6 Å². The maximum Gasteiger partial charge on any atom is 0.410 e. The molecule has 2 aromatic rings. The minimum atomic E-state index is -3.80. The van der Waals surface area contributed by atoms with Crippen molar-refractivity contribution in [2.45, 2.75) is 114 Å². The number of amides is 3. The molecule has 1 aliphatic carbocycles. The lowest BCUT2D eigenvalue weighted by Crippen LogP contribution is -2.55. The second kappa shape index (κ2) is 17.7. The van der Waals surface area contributed by atoms with Crippen molar-refractivity contribution >= 4 is 44.8 Å². The lowest BCUT2D eigenvalue weighted by Gasteiger charge is -2.31. The molecular formula is C37H55N7O8S. The smallest absolute Gasteiger partial charge is 0.410 e. The van der Waals surface area contributed by atoms with Gasteiger partial charge < -0.3 is 35.3 Å². The number of nitrogens with zero attached hydrogens (tertiary/aromatic N) is 3. The van der Waals surface area contributed by atoms with Gasteiger partial charge >= 0.3 is 6.09 Å². The molecule has 53 heavy (non-hydrogen) atoms. The van der Waals surface area contributed by atoms with Gasteiger partial charge in [0.25, 0.3) is 5.89 Å². The third-order valence-corrected chi connectivity index (χ3v) is 12.0. The molecule has 4 fully saturated rings. The number of para-hydroxylation sites is 2. The third-order valence-electron chi connectivity index (χ3n) is 11.3. The van der Waals surface area contributed by atoms with Gasteiger partial charge in [-0.15, -0.1) is 0 Å². The molecule has 0 unspecified atom stereocenters. The Labute approximate surface area is 311 Å². The predicted octanol–water partition coefficient (Wildman–Crippen LogP) is 2.69. The number of nitrogens with two attached hydrogens (primary N) is 1. The largest absolute Gasteiger partial charge is 0.444 e. The van der Waals surface area contributed by atoms with Gasteiger partial charge in [-0.2, -0.15) is 0 Å². The molecule has 3 amide bonds. The van der Waals surface area contributed by atoms with E-state index in [0.29, 0.717) is 42.9 Å². The van der Waals surface area contributed by atoms with Gasteiger partial charge in [0.15, 0.2) is 5.58 Å². The molecule has 5 N–H and O–H groups in total. The van der Waals surface area contributed by atoms with Gasteiger partial charge in [0, 0.05) is 25.6 Å². The molecule has 4 aliphatic rings. The number of Topliss-reactive ketones (excluding diaryl/α,β-unsaturated/α-hetero) is 1. The maximum atomic E-state index is 14.4. The van der Waals surface area contributed by atoms with E-state index in [9.17, 15) is 27.6 Å². The van der Waals surface area contributed by atoms with Crippen LogP contribution in [0.25, 0.3) is 11.1 Å². The summed E-state index contributed by atoms with van der Waals surface area (Å²) in [5, 5.41) is 6.27. The van der Waals surface area contributed by atoms with Crippen molar-refractivity contribution in [2.75, 3.05) is 39.0 Å². The van der Waals surface area contributed by atoms with E-state index in [1.54, 1.807) is 29.2 Å². The van der Waals surface area contributed by atoms with Crippen LogP contribution in [0.2, 0.25) is 0 Å². The van der Waals surface area contributed by atoms with Crippen LogP contribution in [0.1, 0.15) is 94.2 Å². The molecule has 3 aliphatic heterocycles. The predicted molar refractivity (Wildman–Crippen MR) is 197 cm³/mol. The molecule has 15 nitrogen and oxygen atoms in total. The molecule has 1 aromatic carbocycles. The minimum Gasteiger partial charge on any atom is -0.444 e. The topological polar surface area (TPSA) is 206 Å². The van der Waals surface area contributed by atoms with Gasteiger partial charge in [0.2, 0.25) is 27.6 Å². The van der Waals surface area contributed by atoms with Gasteiger partial charge in [-0.1, -0.05) is 12.1 Å². The summed E-state index contributed by atoms with van der Waals surface area (Å²) >= 11 is 0. The van der Waals surface area contributed by atoms with E-state index in [4.69, 9.17) is 14.9 Å². The number of hydrogen-bond acceptors (Lipinski definition) is 11. The first kappa shape index (κ1) is 39.1. The first-order chi connectivity index (χ1) is 25.4. The number of carbonyl (C=O) groups excluding carboxylic acids is 4. The standard InChI is InChI=1S/C37H55N7O8S/c1-53(49,50)42-29(14-11-24-15-17-39-18-16-24)36(47)44-23-27(51-37(48)43-19-5-2-6-20-43)22-31(44)34(46)40-30(21-25-9-12-26(38)13-10-25)33(45)35-41-28-7-3-4-8-32(28)52-35/h3-4,7-8,24-27,29-31,39,42H,2,5-6,9-23,38H2,1H3,(H,40,46)/t25?,26?,27-,29-,30+,31+/m1/s1. The summed E-state index contributed by atoms with van der Waals surface area (Å²) in [5.41, 5.74) is 7.13. The summed E-state index contributed by atoms with van der Waals surface area (Å²) in [6.07, 6.45) is 8.74. The van der Waals surface area contributed by atoms with E-state index in [2.05, 4.69) is 20.3 Å². The Bertz CT molecular complexity index is 1670. The van der Waals surface area contributed by atoms with Gasteiger partial charge in [-0.3, -0.25) is 14.4 Å². The highest BCUT2D eigenvalue weighted by molar-refractivity contribution is 7.88. The van der Waals surface area contributed by atoms with Gasteiger partial charge in [-0.05, 0) is 114 Å². The number of piperidine rings is 2. The Morgan fingerprint density at radius 2 is 1.72 bits per heavy atom. The van der Waals surface area contributed by atoms with Crippen LogP contribution in [-0.4, -0.2) is 116 Å². The molecule has 3 saturated heterocycles. The first-order valence-electron chi connectivity index (χ1n) is 19.3. The van der Waals surface area contributed by atoms with Crippen LogP contribution in [0.15, 0.2) is 28.7 Å². The molecule has 0 spiro atoms. The minimum absolute atomic E-state index is 0.000870. The first-order valence-corrected chi connectivity index (χ1v) is 21.2. The molecule has 292 valence electrons. The summed E-state index contributed by atoms with van der Waals surface area (Å²) in [6.45, 7) is 2.77. The number of aromatic nitrogens is 1. The monoisotopic (exact) mass is 757 g/mol. The Kier molecular flexibility index (Phi) is 13.1. The van der Waals surface area contributed by atoms with Crippen LogP contribution in [-0.2, 0) is 24.3 Å². The summed E-state index contributed by atoms with van der Waals surface area (Å²) in [4.78, 5) is 63.4. The second-order valence-corrected chi connectivity index (χ2v) is 17.2. The van der Waals surface area contributed by atoms with Crippen molar-refractivity contribution in [3.05, 3.63) is 30.2 Å². The lowest BCUT2D eigenvalue weighted by atomic mass is 9.82. The highest BCUT2D eigenvalue weighted by atomic mass is 32.2. The van der Waals surface area contributed by atoms with E-state index in [0.717, 1.165) is 77.1 Å². The number of fused-ring (bicyclic) bond motifs is 1. The van der Waals surface area contributed by atoms with Crippen LogP contribution >= 0.6 is 0 Å². The molecule has 4 atom stereocenters. The van der Waals surface area contributed by atoms with Crippen molar-refractivity contribution < 1.29 is 36.7 Å². The Hall–Kier alpha value is -3.60. The zero-order valence-corrected chi connectivity index (χ0v) is 31.5. The number of sulfonamides is 1. The third kappa shape index (κ3) is 10.5. The Balaban J connectivity index is 1.24. The average Bonchev–Trinajstić information content (AvgIpc) is 3.78. The van der Waals surface area contributed by atoms with Gasteiger partial charge in [0.1, 0.15) is 23.7 Å². The molecule has 4 heterocycles.